The summed E-state index contributed by atoms with van der Waals surface area (Å²) in [6.07, 6.45) is 0.677. The van der Waals surface area contributed by atoms with Crippen LogP contribution in [0.5, 0.6) is 0 Å². The van der Waals surface area contributed by atoms with E-state index in [9.17, 15) is 19.8 Å². The molecule has 1 aromatic rings. The number of carboxylic acids is 2. The smallest absolute Gasteiger partial charge is 0.335 e. The lowest BCUT2D eigenvalue weighted by Gasteiger charge is -2.16. The van der Waals surface area contributed by atoms with Gasteiger partial charge in [0.2, 0.25) is 0 Å². The average Bonchev–Trinajstić information content (AvgIpc) is 2.28. The Morgan fingerprint density at radius 3 is 1.40 bits per heavy atom. The molecule has 0 fully saturated rings. The van der Waals surface area contributed by atoms with Crippen molar-refractivity contribution in [3.8, 4) is 0 Å². The van der Waals surface area contributed by atoms with Gasteiger partial charge in [-0.25, -0.2) is 9.59 Å². The molecule has 4 heteroatoms. The van der Waals surface area contributed by atoms with Crippen molar-refractivity contribution in [2.45, 2.75) is 26.7 Å². The molecule has 0 radical (unpaired) electrons. The van der Waals surface area contributed by atoms with Crippen molar-refractivity contribution in [3.63, 3.8) is 0 Å². The summed E-state index contributed by atoms with van der Waals surface area (Å²) in [5.41, 5.74) is 2.81. The van der Waals surface area contributed by atoms with Gasteiger partial charge in [-0.15, -0.1) is 0 Å². The van der Waals surface area contributed by atoms with Crippen LogP contribution in [0.1, 0.15) is 45.7 Å². The highest BCUT2D eigenvalue weighted by Crippen LogP contribution is 2.25. The molecular formula is C16H18O4. The summed E-state index contributed by atoms with van der Waals surface area (Å²) in [6.45, 7) is 11.1. The fourth-order valence-electron chi connectivity index (χ4n) is 2.10. The number of hydrogen-bond donors (Lipinski definition) is 2. The van der Waals surface area contributed by atoms with Crippen LogP contribution in [0.4, 0.5) is 0 Å². The zero-order valence-corrected chi connectivity index (χ0v) is 11.7. The van der Waals surface area contributed by atoms with Crippen LogP contribution in [-0.4, -0.2) is 22.2 Å². The van der Waals surface area contributed by atoms with Gasteiger partial charge in [-0.3, -0.25) is 0 Å². The minimum atomic E-state index is -1.07. The molecule has 0 aliphatic rings. The molecule has 0 saturated carbocycles. The maximum absolute atomic E-state index is 11.3. The zero-order chi connectivity index (χ0) is 15.4. The van der Waals surface area contributed by atoms with Crippen molar-refractivity contribution in [1.29, 1.82) is 0 Å². The first-order valence-electron chi connectivity index (χ1n) is 6.14. The van der Waals surface area contributed by atoms with Crippen LogP contribution in [-0.2, 0) is 12.8 Å². The number of carboxylic acid groups (broad SMARTS) is 2. The first-order valence-corrected chi connectivity index (χ1v) is 6.14. The van der Waals surface area contributed by atoms with E-state index >= 15 is 0 Å². The lowest BCUT2D eigenvalue weighted by Crippen LogP contribution is -2.12. The van der Waals surface area contributed by atoms with Gasteiger partial charge in [0.25, 0.3) is 0 Å². The van der Waals surface area contributed by atoms with Gasteiger partial charge < -0.3 is 10.2 Å². The number of hydrogen-bond acceptors (Lipinski definition) is 2. The quantitative estimate of drug-likeness (QED) is 0.780. The monoisotopic (exact) mass is 274 g/mol. The summed E-state index contributed by atoms with van der Waals surface area (Å²) in [5.74, 6) is -2.14. The molecule has 20 heavy (non-hydrogen) atoms. The molecule has 0 bridgehead atoms. The minimum absolute atomic E-state index is 0.120. The van der Waals surface area contributed by atoms with Gasteiger partial charge in [-0.2, -0.15) is 0 Å². The molecule has 0 spiro atoms. The van der Waals surface area contributed by atoms with E-state index in [1.165, 1.54) is 12.1 Å². The molecule has 0 heterocycles. The van der Waals surface area contributed by atoms with Crippen molar-refractivity contribution in [1.82, 2.24) is 0 Å². The highest BCUT2D eigenvalue weighted by atomic mass is 16.4. The van der Waals surface area contributed by atoms with Gasteiger partial charge >= 0.3 is 11.9 Å². The largest absolute Gasteiger partial charge is 0.478 e. The summed E-state index contributed by atoms with van der Waals surface area (Å²) in [6, 6.07) is 2.68. The third-order valence-corrected chi connectivity index (χ3v) is 2.85. The molecule has 0 unspecified atom stereocenters. The summed E-state index contributed by atoms with van der Waals surface area (Å²) >= 11 is 0. The minimum Gasteiger partial charge on any atom is -0.478 e. The summed E-state index contributed by atoms with van der Waals surface area (Å²) < 4.78 is 0. The second-order valence-electron chi connectivity index (χ2n) is 5.00. The van der Waals surface area contributed by atoms with Crippen LogP contribution in [0.15, 0.2) is 36.4 Å². The predicted molar refractivity (Wildman–Crippen MR) is 77.4 cm³/mol. The van der Waals surface area contributed by atoms with Crippen molar-refractivity contribution < 1.29 is 19.8 Å². The van der Waals surface area contributed by atoms with Crippen LogP contribution in [0.25, 0.3) is 0 Å². The van der Waals surface area contributed by atoms with E-state index in [1.807, 2.05) is 0 Å². The molecule has 4 nitrogen and oxygen atoms in total. The molecule has 0 atom stereocenters. The van der Waals surface area contributed by atoms with Crippen molar-refractivity contribution >= 4 is 11.9 Å². The summed E-state index contributed by atoms with van der Waals surface area (Å²) in [7, 11) is 0. The topological polar surface area (TPSA) is 74.6 Å². The maximum Gasteiger partial charge on any atom is 0.335 e. The first-order chi connectivity index (χ1) is 9.23. The van der Waals surface area contributed by atoms with E-state index in [-0.39, 0.29) is 11.1 Å². The third kappa shape index (κ3) is 3.57. The van der Waals surface area contributed by atoms with E-state index in [0.717, 1.165) is 11.1 Å². The van der Waals surface area contributed by atoms with E-state index in [1.54, 1.807) is 13.8 Å². The van der Waals surface area contributed by atoms with Gasteiger partial charge in [0.1, 0.15) is 0 Å². The molecule has 2 N–H and O–H groups in total. The Hall–Kier alpha value is -2.36. The van der Waals surface area contributed by atoms with Crippen LogP contribution in [0.3, 0.4) is 0 Å². The van der Waals surface area contributed by atoms with E-state index in [0.29, 0.717) is 24.0 Å². The highest BCUT2D eigenvalue weighted by molar-refractivity contribution is 5.95. The Balaban J connectivity index is 3.62. The molecule has 0 amide bonds. The third-order valence-electron chi connectivity index (χ3n) is 2.85. The fraction of sp³-hybridized carbons (Fsp3) is 0.250. The predicted octanol–water partition coefficient (Wildman–Crippen LogP) is 3.32. The fourth-order valence-corrected chi connectivity index (χ4v) is 2.10. The maximum atomic E-state index is 11.3. The molecule has 0 aromatic heterocycles. The highest BCUT2D eigenvalue weighted by Gasteiger charge is 2.20. The number of allylic oxidation sites excluding steroid dienone is 2. The van der Waals surface area contributed by atoms with Crippen LogP contribution < -0.4 is 0 Å². The van der Waals surface area contributed by atoms with Crippen molar-refractivity contribution in [2.24, 2.45) is 0 Å². The summed E-state index contributed by atoms with van der Waals surface area (Å²) in [4.78, 5) is 22.6. The second kappa shape index (κ2) is 6.19. The van der Waals surface area contributed by atoms with E-state index in [4.69, 9.17) is 0 Å². The standard InChI is InChI=1S/C16H18O4/c1-9(2)7-13-11(15(17)18)5-6-12(16(19)20)14(13)8-10(3)4/h5-6H,1,3,7-8H2,2,4H3,(H,17,18)(H,19,20). The lowest BCUT2D eigenvalue weighted by atomic mass is 9.88. The lowest BCUT2D eigenvalue weighted by molar-refractivity contribution is 0.0679. The average molecular weight is 274 g/mol. The zero-order valence-electron chi connectivity index (χ0n) is 11.7. The molecule has 106 valence electrons. The molecule has 0 saturated heterocycles. The number of benzene rings is 1. The number of carbonyl (C=O) groups is 2. The Kier molecular flexibility index (Phi) is 4.86. The van der Waals surface area contributed by atoms with Gasteiger partial charge in [-0.05, 0) is 49.9 Å². The van der Waals surface area contributed by atoms with E-state index < -0.39 is 11.9 Å². The Morgan fingerprint density at radius 2 is 1.20 bits per heavy atom. The Labute approximate surface area is 118 Å². The molecule has 1 aromatic carbocycles. The van der Waals surface area contributed by atoms with Gasteiger partial charge in [0.05, 0.1) is 11.1 Å². The Morgan fingerprint density at radius 1 is 0.900 bits per heavy atom. The SMILES string of the molecule is C=C(C)Cc1c(C(=O)O)ccc(C(=O)O)c1CC(=C)C. The van der Waals surface area contributed by atoms with Gasteiger partial charge in [0.15, 0.2) is 0 Å². The first kappa shape index (κ1) is 15.7. The normalized spacial score (nSPS) is 10.1. The summed E-state index contributed by atoms with van der Waals surface area (Å²) in [5, 5.41) is 18.5. The van der Waals surface area contributed by atoms with Crippen molar-refractivity contribution in [2.75, 3.05) is 0 Å². The molecule has 0 aliphatic carbocycles. The van der Waals surface area contributed by atoms with Crippen molar-refractivity contribution in [3.05, 3.63) is 58.7 Å². The van der Waals surface area contributed by atoms with E-state index in [2.05, 4.69) is 13.2 Å². The van der Waals surface area contributed by atoms with Crippen LogP contribution in [0.2, 0.25) is 0 Å². The van der Waals surface area contributed by atoms with Gasteiger partial charge in [0, 0.05) is 0 Å². The molecule has 1 rings (SSSR count). The Bertz CT molecular complexity index is 544. The number of aromatic carboxylic acids is 2. The number of rotatable bonds is 6. The molecular weight excluding hydrogens is 256 g/mol. The van der Waals surface area contributed by atoms with Crippen LogP contribution >= 0.6 is 0 Å². The van der Waals surface area contributed by atoms with Crippen LogP contribution in [0, 0.1) is 0 Å². The molecule has 0 aliphatic heterocycles. The van der Waals surface area contributed by atoms with Gasteiger partial charge in [-0.1, -0.05) is 24.3 Å². The second-order valence-corrected chi connectivity index (χ2v) is 5.00.